The number of esters is 2. The van der Waals surface area contributed by atoms with Crippen LogP contribution in [0.25, 0.3) is 0 Å². The molecule has 78 heavy (non-hydrogen) atoms. The van der Waals surface area contributed by atoms with E-state index >= 15 is 0 Å². The van der Waals surface area contributed by atoms with E-state index in [0.29, 0.717) is 23.9 Å². The molecule has 0 heterocycles. The molecule has 0 fully saturated rings. The first-order valence-electron chi connectivity index (χ1n) is 30.5. The lowest BCUT2D eigenvalue weighted by molar-refractivity contribution is -0.870. The fourth-order valence-corrected chi connectivity index (χ4v) is 8.50. The Morgan fingerprint density at radius 1 is 0.410 bits per heavy atom. The van der Waals surface area contributed by atoms with Crippen LogP contribution < -0.4 is 4.89 Å². The Bertz CT molecular complexity index is 1820. The van der Waals surface area contributed by atoms with Crippen LogP contribution in [0, 0.1) is 0 Å². The molecule has 0 aromatic carbocycles. The van der Waals surface area contributed by atoms with Crippen molar-refractivity contribution >= 4 is 19.8 Å². The van der Waals surface area contributed by atoms with Gasteiger partial charge in [0.1, 0.15) is 19.8 Å². The number of likely N-dealkylation sites (N-methyl/N-ethyl adjacent to an activating group) is 1. The van der Waals surface area contributed by atoms with Crippen LogP contribution in [-0.2, 0) is 32.7 Å². The first-order chi connectivity index (χ1) is 38.0. The number of carbonyl (C=O) groups is 2. The number of nitrogens with zero attached hydrogens (tertiary/aromatic N) is 1. The van der Waals surface area contributed by atoms with Gasteiger partial charge in [-0.05, 0) is 96.3 Å². The van der Waals surface area contributed by atoms with Crippen LogP contribution in [-0.4, -0.2) is 70.0 Å². The second kappa shape index (κ2) is 57.6. The van der Waals surface area contributed by atoms with Crippen LogP contribution in [0.2, 0.25) is 0 Å². The molecule has 0 spiro atoms. The zero-order valence-corrected chi connectivity index (χ0v) is 50.9. The number of rotatable bonds is 54. The van der Waals surface area contributed by atoms with Gasteiger partial charge in [-0.25, -0.2) is 0 Å². The number of phosphoric ester groups is 1. The molecule has 0 amide bonds. The number of allylic oxidation sites excluding steroid dienone is 23. The molecule has 0 aliphatic rings. The predicted molar refractivity (Wildman–Crippen MR) is 332 cm³/mol. The third kappa shape index (κ3) is 61.1. The molecule has 0 rings (SSSR count). The topological polar surface area (TPSA) is 111 Å². The Hall–Kier alpha value is -4.11. The number of unbranched alkanes of at least 4 members (excludes halogenated alkanes) is 17. The van der Waals surface area contributed by atoms with Crippen LogP contribution in [0.15, 0.2) is 146 Å². The van der Waals surface area contributed by atoms with E-state index in [2.05, 4.69) is 141 Å². The molecule has 0 saturated heterocycles. The van der Waals surface area contributed by atoms with E-state index in [1.54, 1.807) is 6.08 Å². The van der Waals surface area contributed by atoms with Crippen LogP contribution in [0.4, 0.5) is 0 Å². The zero-order valence-electron chi connectivity index (χ0n) is 50.1. The number of phosphoric acid groups is 1. The number of hydrogen-bond donors (Lipinski definition) is 0. The number of carbonyl (C=O) groups excluding carboxylic acids is 2. The van der Waals surface area contributed by atoms with Gasteiger partial charge >= 0.3 is 11.9 Å². The Kier molecular flexibility index (Phi) is 54.5. The van der Waals surface area contributed by atoms with E-state index in [1.165, 1.54) is 89.9 Å². The second-order valence-corrected chi connectivity index (χ2v) is 22.4. The second-order valence-electron chi connectivity index (χ2n) is 21.0. The van der Waals surface area contributed by atoms with E-state index in [9.17, 15) is 19.0 Å². The maximum atomic E-state index is 12.8. The lowest BCUT2D eigenvalue weighted by Gasteiger charge is -2.28. The quantitative estimate of drug-likeness (QED) is 0.0195. The first kappa shape index (κ1) is 73.9. The summed E-state index contributed by atoms with van der Waals surface area (Å²) in [4.78, 5) is 37.7. The number of hydrogen-bond acceptors (Lipinski definition) is 8. The molecule has 2 atom stereocenters. The summed E-state index contributed by atoms with van der Waals surface area (Å²) in [6.07, 6.45) is 85.3. The number of ether oxygens (including phenoxy) is 2. The zero-order chi connectivity index (χ0) is 57.0. The van der Waals surface area contributed by atoms with Crippen LogP contribution in [0.5, 0.6) is 0 Å². The average Bonchev–Trinajstić information content (AvgIpc) is 3.41. The van der Waals surface area contributed by atoms with Crippen LogP contribution >= 0.6 is 7.82 Å². The van der Waals surface area contributed by atoms with Gasteiger partial charge in [0.15, 0.2) is 6.10 Å². The summed E-state index contributed by atoms with van der Waals surface area (Å²) in [5.41, 5.74) is 0. The molecule has 10 heteroatoms. The lowest BCUT2D eigenvalue weighted by Crippen LogP contribution is -2.37. The van der Waals surface area contributed by atoms with E-state index in [0.717, 1.165) is 89.9 Å². The fourth-order valence-electron chi connectivity index (χ4n) is 7.77. The van der Waals surface area contributed by atoms with Crippen molar-refractivity contribution in [2.24, 2.45) is 0 Å². The molecule has 0 aromatic heterocycles. The predicted octanol–water partition coefficient (Wildman–Crippen LogP) is 18.8. The average molecular weight is 1100 g/mol. The largest absolute Gasteiger partial charge is 0.756 e. The molecule has 0 aliphatic heterocycles. The van der Waals surface area contributed by atoms with Crippen LogP contribution in [0.3, 0.4) is 0 Å². The molecule has 2 unspecified atom stereocenters. The fraction of sp³-hybridized carbons (Fsp3) is 0.618. The summed E-state index contributed by atoms with van der Waals surface area (Å²) in [7, 11) is 1.11. The van der Waals surface area contributed by atoms with Crippen molar-refractivity contribution in [3.8, 4) is 0 Å². The van der Waals surface area contributed by atoms with Gasteiger partial charge in [0, 0.05) is 6.42 Å². The van der Waals surface area contributed by atoms with Gasteiger partial charge in [-0.3, -0.25) is 14.2 Å². The van der Waals surface area contributed by atoms with Crippen molar-refractivity contribution in [1.82, 2.24) is 0 Å². The molecule has 0 radical (unpaired) electrons. The van der Waals surface area contributed by atoms with Gasteiger partial charge < -0.3 is 27.9 Å². The van der Waals surface area contributed by atoms with Crippen molar-refractivity contribution in [2.45, 2.75) is 225 Å². The maximum Gasteiger partial charge on any atom is 0.309 e. The Labute approximate surface area is 478 Å². The highest BCUT2D eigenvalue weighted by Crippen LogP contribution is 2.38. The molecule has 0 aromatic rings. The van der Waals surface area contributed by atoms with E-state index < -0.39 is 32.5 Å². The molecule has 0 bridgehead atoms. The Balaban J connectivity index is 4.06. The molecule has 0 N–H and O–H groups in total. The summed E-state index contributed by atoms with van der Waals surface area (Å²) in [6.45, 7) is 3.88. The Morgan fingerprint density at radius 3 is 1.09 bits per heavy atom. The van der Waals surface area contributed by atoms with Gasteiger partial charge in [0.2, 0.25) is 0 Å². The minimum Gasteiger partial charge on any atom is -0.756 e. The third-order valence-corrected chi connectivity index (χ3v) is 13.4. The van der Waals surface area contributed by atoms with Crippen molar-refractivity contribution < 1.29 is 42.1 Å². The van der Waals surface area contributed by atoms with E-state index in [4.69, 9.17) is 18.5 Å². The summed E-state index contributed by atoms with van der Waals surface area (Å²) < 4.78 is 34.0. The molecular weight excluding hydrogens is 990 g/mol. The van der Waals surface area contributed by atoms with Gasteiger partial charge in [-0.15, -0.1) is 0 Å². The highest BCUT2D eigenvalue weighted by atomic mass is 31.2. The lowest BCUT2D eigenvalue weighted by atomic mass is 10.0. The van der Waals surface area contributed by atoms with Crippen LogP contribution in [0.1, 0.15) is 219 Å². The van der Waals surface area contributed by atoms with Gasteiger partial charge in [0.25, 0.3) is 7.82 Å². The summed E-state index contributed by atoms with van der Waals surface area (Å²) in [5, 5.41) is 0. The SMILES string of the molecule is CC/C=C\C/C=C\C/C=C\C/C=C\C/C=C\C/C=C\C/C=C\CCCCCCCCCCCCCCCCCCCC(=O)OC(COC(=O)C/C=C\C/C=C\C/C=C\C/C=C\C/C=C\CC)COP(=O)([O-])OCC[N+](C)(C)C. The van der Waals surface area contributed by atoms with Crippen molar-refractivity contribution in [3.63, 3.8) is 0 Å². The standard InChI is InChI=1S/C68H112NO8P/c1-6-8-10-12-14-16-18-20-22-23-24-25-26-27-28-29-30-31-32-33-34-35-36-37-38-39-40-41-42-43-44-45-47-49-51-53-55-57-59-61-68(71)77-66(65-76-78(72,73)75-63-62-69(3,4)5)64-74-67(70)60-58-56-54-52-50-48-46-21-19-17-15-13-11-9-7-2/h8-11,14-17,20-22,24-25,27-28,30-31,33-34,46,50,52,56,58,66H,6-7,12-13,18-19,23,26,29,32,35-45,47-49,51,53-55,57,59-65H2,1-5H3/b10-8-,11-9-,16-14-,17-15-,22-20-,25-24-,28-27-,31-30-,34-33-,46-21-,52-50-,58-56-. The van der Waals surface area contributed by atoms with Crippen molar-refractivity contribution in [1.29, 1.82) is 0 Å². The van der Waals surface area contributed by atoms with Crippen molar-refractivity contribution in [3.05, 3.63) is 146 Å². The summed E-state index contributed by atoms with van der Waals surface area (Å²) in [6, 6.07) is 0. The highest BCUT2D eigenvalue weighted by Gasteiger charge is 2.21. The molecule has 9 nitrogen and oxygen atoms in total. The maximum absolute atomic E-state index is 12.8. The minimum atomic E-state index is -4.66. The van der Waals surface area contributed by atoms with Gasteiger partial charge in [-0.2, -0.15) is 0 Å². The summed E-state index contributed by atoms with van der Waals surface area (Å²) >= 11 is 0. The molecule has 0 saturated carbocycles. The van der Waals surface area contributed by atoms with Gasteiger partial charge in [-0.1, -0.05) is 256 Å². The van der Waals surface area contributed by atoms with E-state index in [-0.39, 0.29) is 26.1 Å². The third-order valence-electron chi connectivity index (χ3n) is 12.4. The van der Waals surface area contributed by atoms with Gasteiger partial charge in [0.05, 0.1) is 34.2 Å². The normalized spacial score (nSPS) is 14.3. The number of quaternary nitrogens is 1. The smallest absolute Gasteiger partial charge is 0.309 e. The molecular formula is C68H112NO8P. The highest BCUT2D eigenvalue weighted by molar-refractivity contribution is 7.45. The minimum absolute atomic E-state index is 0.0390. The van der Waals surface area contributed by atoms with Crippen molar-refractivity contribution in [2.75, 3.05) is 47.5 Å². The monoisotopic (exact) mass is 1100 g/mol. The molecule has 442 valence electrons. The summed E-state index contributed by atoms with van der Waals surface area (Å²) in [5.74, 6) is -0.987. The molecule has 0 aliphatic carbocycles. The van der Waals surface area contributed by atoms with E-state index in [1.807, 2.05) is 33.3 Å². The first-order valence-corrected chi connectivity index (χ1v) is 32.0. The Morgan fingerprint density at radius 2 is 0.731 bits per heavy atom.